The Morgan fingerprint density at radius 2 is 0.679 bits per heavy atom. The summed E-state index contributed by atoms with van der Waals surface area (Å²) >= 11 is 0. The van der Waals surface area contributed by atoms with Crippen molar-refractivity contribution in [2.45, 2.75) is 370 Å². The highest BCUT2D eigenvalue weighted by Gasteiger charge is 2.47. The van der Waals surface area contributed by atoms with Crippen molar-refractivity contribution in [3.8, 4) is 0 Å². The summed E-state index contributed by atoms with van der Waals surface area (Å²) in [4.78, 5) is 13.1. The third-order valence-electron chi connectivity index (χ3n) is 16.4. The van der Waals surface area contributed by atoms with E-state index in [2.05, 4.69) is 13.8 Å². The highest BCUT2D eigenvalue weighted by atomic mass is 16.7. The number of esters is 1. The molecule has 2 aliphatic rings. The Kier molecular flexibility index (Phi) is 48.4. The summed E-state index contributed by atoms with van der Waals surface area (Å²) in [5.41, 5.74) is 0. The van der Waals surface area contributed by atoms with Gasteiger partial charge in [-0.1, -0.05) is 284 Å². The molecule has 11 atom stereocenters. The second-order valence-electron chi connectivity index (χ2n) is 23.7. The molecular weight excluding hydrogens is 993 g/mol. The van der Waals surface area contributed by atoms with E-state index < -0.39 is 80.7 Å². The maximum atomic E-state index is 13.1. The molecule has 2 heterocycles. The smallest absolute Gasteiger partial charge is 0.306 e. The fraction of sp³-hybridized carbons (Fsp3) is 0.984. The summed E-state index contributed by atoms with van der Waals surface area (Å²) in [6.45, 7) is 3.79. The van der Waals surface area contributed by atoms with Gasteiger partial charge in [0, 0.05) is 13.0 Å². The summed E-state index contributed by atoms with van der Waals surface area (Å²) in [7, 11) is 0. The molecule has 0 spiro atoms. The lowest BCUT2D eigenvalue weighted by molar-refractivity contribution is -0.332. The molecule has 2 rings (SSSR count). The molecule has 0 bridgehead atoms. The Labute approximate surface area is 476 Å². The van der Waals surface area contributed by atoms with Gasteiger partial charge in [-0.25, -0.2) is 0 Å². The molecular formula is C64H124O14. The van der Waals surface area contributed by atoms with Crippen molar-refractivity contribution < 1.29 is 69.0 Å². The zero-order valence-corrected chi connectivity index (χ0v) is 50.2. The van der Waals surface area contributed by atoms with Gasteiger partial charge in [0.05, 0.1) is 26.4 Å². The Balaban J connectivity index is 1.65. The molecule has 0 aromatic carbocycles. The minimum Gasteiger partial charge on any atom is -0.457 e. The number of rotatable bonds is 56. The van der Waals surface area contributed by atoms with Gasteiger partial charge < -0.3 is 64.2 Å². The summed E-state index contributed by atoms with van der Waals surface area (Å²) in [5.74, 6) is -0.365. The summed E-state index contributed by atoms with van der Waals surface area (Å²) in [6, 6.07) is 0. The average Bonchev–Trinajstić information content (AvgIpc) is 3.44. The summed E-state index contributed by atoms with van der Waals surface area (Å²) < 4.78 is 34.5. The van der Waals surface area contributed by atoms with E-state index >= 15 is 0 Å². The van der Waals surface area contributed by atoms with Gasteiger partial charge in [0.2, 0.25) is 0 Å². The van der Waals surface area contributed by atoms with Gasteiger partial charge in [0.25, 0.3) is 0 Å². The molecule has 2 aliphatic heterocycles. The Bertz CT molecular complexity index is 1300. The Morgan fingerprint density at radius 3 is 1.04 bits per heavy atom. The van der Waals surface area contributed by atoms with Crippen molar-refractivity contribution in [2.24, 2.45) is 0 Å². The maximum absolute atomic E-state index is 13.1. The topological polar surface area (TPSA) is 214 Å². The molecule has 11 unspecified atom stereocenters. The first-order valence-corrected chi connectivity index (χ1v) is 33.1. The molecule has 0 aromatic heterocycles. The maximum Gasteiger partial charge on any atom is 0.306 e. The fourth-order valence-electron chi connectivity index (χ4n) is 11.1. The van der Waals surface area contributed by atoms with Crippen LogP contribution in [0.4, 0.5) is 0 Å². The minimum absolute atomic E-state index is 0.0714. The molecule has 78 heavy (non-hydrogen) atoms. The number of aliphatic hydroxyl groups excluding tert-OH is 7. The van der Waals surface area contributed by atoms with Gasteiger partial charge in [-0.05, 0) is 12.8 Å². The second kappa shape index (κ2) is 51.6. The van der Waals surface area contributed by atoms with E-state index in [9.17, 15) is 40.5 Å². The predicted molar refractivity (Wildman–Crippen MR) is 312 cm³/mol. The van der Waals surface area contributed by atoms with Crippen LogP contribution >= 0.6 is 0 Å². The number of hydrogen-bond donors (Lipinski definition) is 7. The Morgan fingerprint density at radius 1 is 0.372 bits per heavy atom. The van der Waals surface area contributed by atoms with E-state index in [-0.39, 0.29) is 25.6 Å². The lowest BCUT2D eigenvalue weighted by atomic mass is 9.98. The van der Waals surface area contributed by atoms with Gasteiger partial charge in [-0.3, -0.25) is 4.79 Å². The highest BCUT2D eigenvalue weighted by Crippen LogP contribution is 2.27. The highest BCUT2D eigenvalue weighted by molar-refractivity contribution is 5.69. The normalized spacial score (nSPS) is 24.0. The second-order valence-corrected chi connectivity index (χ2v) is 23.7. The molecule has 0 aromatic rings. The number of ether oxygens (including phenoxy) is 6. The van der Waals surface area contributed by atoms with E-state index in [1.807, 2.05) is 0 Å². The van der Waals surface area contributed by atoms with Crippen LogP contribution in [0.25, 0.3) is 0 Å². The lowest BCUT2D eigenvalue weighted by Gasteiger charge is -2.42. The van der Waals surface area contributed by atoms with Gasteiger partial charge in [0.1, 0.15) is 54.9 Å². The van der Waals surface area contributed by atoms with Gasteiger partial charge in [-0.2, -0.15) is 0 Å². The predicted octanol–water partition coefficient (Wildman–Crippen LogP) is 13.1. The third-order valence-corrected chi connectivity index (χ3v) is 16.4. The van der Waals surface area contributed by atoms with Crippen LogP contribution in [0.3, 0.4) is 0 Å². The fourth-order valence-corrected chi connectivity index (χ4v) is 11.1. The minimum atomic E-state index is -1.70. The van der Waals surface area contributed by atoms with Crippen LogP contribution in [0.5, 0.6) is 0 Å². The number of aliphatic hydroxyl groups is 7. The van der Waals surface area contributed by atoms with Gasteiger partial charge in [-0.15, -0.1) is 0 Å². The van der Waals surface area contributed by atoms with Crippen molar-refractivity contribution in [1.29, 1.82) is 0 Å². The van der Waals surface area contributed by atoms with E-state index in [1.165, 1.54) is 238 Å². The molecule has 0 amide bonds. The largest absolute Gasteiger partial charge is 0.457 e. The first kappa shape index (κ1) is 73.1. The molecule has 0 saturated carbocycles. The zero-order valence-electron chi connectivity index (χ0n) is 50.2. The molecule has 14 heteroatoms. The summed E-state index contributed by atoms with van der Waals surface area (Å²) in [6.07, 6.45) is 41.7. The van der Waals surface area contributed by atoms with Crippen LogP contribution in [0, 0.1) is 0 Å². The average molecular weight is 1120 g/mol. The molecule has 2 saturated heterocycles. The molecule has 7 N–H and O–H groups in total. The van der Waals surface area contributed by atoms with Crippen LogP contribution in [-0.4, -0.2) is 142 Å². The summed E-state index contributed by atoms with van der Waals surface area (Å²) in [5, 5.41) is 72.5. The van der Waals surface area contributed by atoms with Crippen LogP contribution < -0.4 is 0 Å². The monoisotopic (exact) mass is 1120 g/mol. The molecule has 0 radical (unpaired) electrons. The van der Waals surface area contributed by atoms with Crippen molar-refractivity contribution in [3.63, 3.8) is 0 Å². The number of hydrogen-bond acceptors (Lipinski definition) is 14. The molecule has 14 nitrogen and oxygen atoms in total. The van der Waals surface area contributed by atoms with Crippen LogP contribution in [0.15, 0.2) is 0 Å². The van der Waals surface area contributed by atoms with Gasteiger partial charge in [0.15, 0.2) is 12.6 Å². The molecule has 0 aliphatic carbocycles. The third kappa shape index (κ3) is 37.2. The molecule has 2 fully saturated rings. The standard InChI is InChI=1S/C64H124O14/c1-3-5-7-9-11-13-15-17-19-21-23-25-26-27-28-29-31-33-35-37-39-41-43-45-47-56(66)76-53(50-73-48-46-44-42-40-38-36-34-32-30-24-22-20-18-16-14-12-10-8-6-4-2)51-74-63-62(72)60(70)58(68)55(78-63)52-75-64-61(71)59(69)57(67)54(49-65)77-64/h53-55,57-65,67-72H,3-52H2,1-2H3. The van der Waals surface area contributed by atoms with E-state index in [1.54, 1.807) is 0 Å². The Hall–Kier alpha value is -1.01. The van der Waals surface area contributed by atoms with Gasteiger partial charge >= 0.3 is 5.97 Å². The lowest BCUT2D eigenvalue weighted by Crippen LogP contribution is -2.61. The first-order chi connectivity index (χ1) is 38.1. The van der Waals surface area contributed by atoms with E-state index in [4.69, 9.17) is 28.4 Å². The SMILES string of the molecule is CCCCCCCCCCCCCCCCCCCCCCCCCCC(=O)OC(COCCCCCCCCCCCCCCCCCCCCCC)COC1OC(COC2OC(CO)C(O)C(O)C2O)C(O)C(O)C1O. The number of carbonyl (C=O) groups is 1. The number of unbranched alkanes of at least 4 members (excludes halogenated alkanes) is 42. The zero-order chi connectivity index (χ0) is 56.5. The van der Waals surface area contributed by atoms with Crippen LogP contribution in [-0.2, 0) is 33.2 Å². The van der Waals surface area contributed by atoms with E-state index in [0.717, 1.165) is 44.9 Å². The van der Waals surface area contributed by atoms with E-state index in [0.29, 0.717) is 6.61 Å². The number of carbonyl (C=O) groups excluding carboxylic acids is 1. The van der Waals surface area contributed by atoms with Crippen LogP contribution in [0.1, 0.15) is 303 Å². The van der Waals surface area contributed by atoms with Crippen molar-refractivity contribution in [3.05, 3.63) is 0 Å². The van der Waals surface area contributed by atoms with Crippen molar-refractivity contribution in [2.75, 3.05) is 33.0 Å². The van der Waals surface area contributed by atoms with Crippen molar-refractivity contribution >= 4 is 5.97 Å². The first-order valence-electron chi connectivity index (χ1n) is 33.1. The molecule has 464 valence electrons. The quantitative estimate of drug-likeness (QED) is 0.0223. The van der Waals surface area contributed by atoms with Crippen molar-refractivity contribution in [1.82, 2.24) is 0 Å². The van der Waals surface area contributed by atoms with Crippen LogP contribution in [0.2, 0.25) is 0 Å².